The summed E-state index contributed by atoms with van der Waals surface area (Å²) in [4.78, 5) is 29.5. The molecule has 4 aromatic rings. The highest BCUT2D eigenvalue weighted by molar-refractivity contribution is 6.34. The van der Waals surface area contributed by atoms with Gasteiger partial charge in [-0.25, -0.2) is 9.69 Å². The number of ether oxygens (including phenoxy) is 1. The van der Waals surface area contributed by atoms with Crippen molar-refractivity contribution in [3.63, 3.8) is 0 Å². The Morgan fingerprint density at radius 1 is 1.06 bits per heavy atom. The number of rotatable bonds is 7. The van der Waals surface area contributed by atoms with Crippen molar-refractivity contribution >= 4 is 35.0 Å². The van der Waals surface area contributed by atoms with Gasteiger partial charge in [-0.3, -0.25) is 9.78 Å². The number of nitrogens with zero attached hydrogens (tertiary/aromatic N) is 3. The average molecular weight is 492 g/mol. The molecule has 0 fully saturated rings. The highest BCUT2D eigenvalue weighted by Gasteiger charge is 2.29. The van der Waals surface area contributed by atoms with E-state index in [0.29, 0.717) is 39.0 Å². The molecule has 0 bridgehead atoms. The Morgan fingerprint density at radius 3 is 2.46 bits per heavy atom. The van der Waals surface area contributed by atoms with Gasteiger partial charge in [0.25, 0.3) is 0 Å². The van der Waals surface area contributed by atoms with E-state index in [1.807, 2.05) is 24.3 Å². The van der Waals surface area contributed by atoms with E-state index in [0.717, 1.165) is 11.1 Å². The zero-order valence-corrected chi connectivity index (χ0v) is 19.8. The third-order valence-electron chi connectivity index (χ3n) is 5.24. The molecular formula is C26H22ClN3O5. The molecule has 0 saturated heterocycles. The van der Waals surface area contributed by atoms with Crippen LogP contribution in [0.15, 0.2) is 71.5 Å². The minimum atomic E-state index is -0.919. The topological polar surface area (TPSA) is 106 Å². The summed E-state index contributed by atoms with van der Waals surface area (Å²) in [6, 6.07) is 16.2. The van der Waals surface area contributed by atoms with Crippen molar-refractivity contribution in [3.8, 4) is 22.4 Å². The van der Waals surface area contributed by atoms with E-state index in [-0.39, 0.29) is 13.0 Å². The Labute approximate surface area is 206 Å². The number of pyridine rings is 1. The summed E-state index contributed by atoms with van der Waals surface area (Å²) in [6.07, 6.45) is 2.50. The monoisotopic (exact) mass is 491 g/mol. The van der Waals surface area contributed by atoms with Gasteiger partial charge < -0.3 is 14.4 Å². The van der Waals surface area contributed by atoms with E-state index in [2.05, 4.69) is 10.1 Å². The average Bonchev–Trinajstić information content (AvgIpc) is 3.21. The number of hydrogen-bond acceptors (Lipinski definition) is 6. The molecule has 4 rings (SSSR count). The first-order chi connectivity index (χ1) is 16.9. The summed E-state index contributed by atoms with van der Waals surface area (Å²) in [5.74, 6) is -0.500. The number of carbonyl (C=O) groups is 2. The molecule has 1 N–H and O–H groups in total. The van der Waals surface area contributed by atoms with Gasteiger partial charge in [0.1, 0.15) is 11.4 Å². The summed E-state index contributed by atoms with van der Waals surface area (Å²) in [5, 5.41) is 13.6. The number of hydrogen-bond donors (Lipinski definition) is 1. The quantitative estimate of drug-likeness (QED) is 0.324. The Balaban J connectivity index is 1.74. The van der Waals surface area contributed by atoms with Crippen LogP contribution in [0, 0.1) is 6.92 Å². The van der Waals surface area contributed by atoms with Gasteiger partial charge in [-0.05, 0) is 43.2 Å². The van der Waals surface area contributed by atoms with Crippen LogP contribution in [0.4, 0.5) is 16.2 Å². The van der Waals surface area contributed by atoms with Crippen LogP contribution in [-0.2, 0) is 16.0 Å². The molecule has 0 spiro atoms. The molecule has 0 unspecified atom stereocenters. The van der Waals surface area contributed by atoms with Crippen molar-refractivity contribution in [3.05, 3.63) is 83.3 Å². The Bertz CT molecular complexity index is 1370. The van der Waals surface area contributed by atoms with E-state index < -0.39 is 12.1 Å². The van der Waals surface area contributed by atoms with Crippen LogP contribution in [0.25, 0.3) is 22.4 Å². The van der Waals surface area contributed by atoms with Crippen LogP contribution >= 0.6 is 11.6 Å². The molecule has 0 saturated carbocycles. The third kappa shape index (κ3) is 5.17. The van der Waals surface area contributed by atoms with Crippen LogP contribution in [0.1, 0.15) is 18.2 Å². The molecule has 9 heteroatoms. The van der Waals surface area contributed by atoms with Gasteiger partial charge >= 0.3 is 12.1 Å². The predicted molar refractivity (Wildman–Crippen MR) is 132 cm³/mol. The molecule has 0 aliphatic rings. The minimum absolute atomic E-state index is 0.105. The number of aryl methyl sites for hydroxylation is 1. The Morgan fingerprint density at radius 2 is 1.77 bits per heavy atom. The molecule has 2 aromatic carbocycles. The molecule has 2 heterocycles. The smallest absolute Gasteiger partial charge is 0.419 e. The molecule has 178 valence electrons. The van der Waals surface area contributed by atoms with Crippen molar-refractivity contribution < 1.29 is 24.0 Å². The van der Waals surface area contributed by atoms with Crippen molar-refractivity contribution in [2.45, 2.75) is 20.3 Å². The van der Waals surface area contributed by atoms with Crippen molar-refractivity contribution in [2.75, 3.05) is 11.5 Å². The van der Waals surface area contributed by atoms with Crippen LogP contribution < -0.4 is 4.90 Å². The van der Waals surface area contributed by atoms with E-state index >= 15 is 0 Å². The lowest BCUT2D eigenvalue weighted by molar-refractivity contribution is -0.136. The first-order valence-corrected chi connectivity index (χ1v) is 11.2. The molecule has 1 amide bonds. The van der Waals surface area contributed by atoms with Crippen LogP contribution in [0.5, 0.6) is 0 Å². The zero-order valence-electron chi connectivity index (χ0n) is 19.1. The molecule has 0 aliphatic carbocycles. The number of aliphatic carboxylic acids is 1. The van der Waals surface area contributed by atoms with Crippen LogP contribution in [0.3, 0.4) is 0 Å². The lowest BCUT2D eigenvalue weighted by Gasteiger charge is -2.23. The zero-order chi connectivity index (χ0) is 24.9. The highest BCUT2D eigenvalue weighted by Crippen LogP contribution is 2.40. The number of benzene rings is 2. The summed E-state index contributed by atoms with van der Waals surface area (Å²) >= 11 is 6.42. The summed E-state index contributed by atoms with van der Waals surface area (Å²) in [6.45, 7) is 3.62. The number of anilines is 2. The standard InChI is InChI=1S/C26H22ClN3O5/c1-3-34-26(33)30(22-7-5-4-6-21(22)27)25-16(2)35-29-24(25)19-10-8-18(9-11-19)20-12-17(13-23(31)32)14-28-15-20/h4-12,14-15H,3,13H2,1-2H3,(H,31,32). The highest BCUT2D eigenvalue weighted by atomic mass is 35.5. The minimum Gasteiger partial charge on any atom is -0.481 e. The number of halogens is 1. The molecule has 35 heavy (non-hydrogen) atoms. The maximum Gasteiger partial charge on any atom is 0.419 e. The fourth-order valence-corrected chi connectivity index (χ4v) is 3.91. The number of para-hydroxylation sites is 1. The van der Waals surface area contributed by atoms with Crippen molar-refractivity contribution in [2.24, 2.45) is 0 Å². The number of amides is 1. The van der Waals surface area contributed by atoms with Gasteiger partial charge in [-0.1, -0.05) is 53.2 Å². The number of carboxylic acids is 1. The van der Waals surface area contributed by atoms with Crippen molar-refractivity contribution in [1.82, 2.24) is 10.1 Å². The maximum absolute atomic E-state index is 13.0. The SMILES string of the molecule is CCOC(=O)N(c1ccccc1Cl)c1c(-c2ccc(-c3cncc(CC(=O)O)c3)cc2)noc1C. The lowest BCUT2D eigenvalue weighted by atomic mass is 10.0. The number of carbonyl (C=O) groups excluding carboxylic acids is 1. The molecule has 2 aromatic heterocycles. The Hall–Kier alpha value is -4.17. The maximum atomic E-state index is 13.0. The third-order valence-corrected chi connectivity index (χ3v) is 5.56. The fraction of sp³-hybridized carbons (Fsp3) is 0.154. The molecular weight excluding hydrogens is 470 g/mol. The predicted octanol–water partition coefficient (Wildman–Crippen LogP) is 6.29. The summed E-state index contributed by atoms with van der Waals surface area (Å²) < 4.78 is 10.8. The molecule has 8 nitrogen and oxygen atoms in total. The van der Waals surface area contributed by atoms with Gasteiger partial charge in [0, 0.05) is 23.5 Å². The van der Waals surface area contributed by atoms with Gasteiger partial charge in [0.15, 0.2) is 5.76 Å². The number of carboxylic acid groups (broad SMARTS) is 1. The van der Waals surface area contributed by atoms with Gasteiger partial charge in [-0.15, -0.1) is 0 Å². The molecule has 0 aliphatic heterocycles. The first kappa shape index (κ1) is 24.0. The molecule has 0 atom stereocenters. The second-order valence-corrected chi connectivity index (χ2v) is 8.06. The number of aromatic nitrogens is 2. The molecule has 0 radical (unpaired) electrons. The summed E-state index contributed by atoms with van der Waals surface area (Å²) in [7, 11) is 0. The fourth-order valence-electron chi connectivity index (χ4n) is 3.69. The van der Waals surface area contributed by atoms with E-state index in [1.165, 1.54) is 11.1 Å². The first-order valence-electron chi connectivity index (χ1n) is 10.8. The van der Waals surface area contributed by atoms with E-state index in [4.69, 9.17) is 26.0 Å². The lowest BCUT2D eigenvalue weighted by Crippen LogP contribution is -2.27. The van der Waals surface area contributed by atoms with Crippen molar-refractivity contribution in [1.29, 1.82) is 0 Å². The van der Waals surface area contributed by atoms with Gasteiger partial charge in [-0.2, -0.15) is 0 Å². The van der Waals surface area contributed by atoms with E-state index in [1.54, 1.807) is 50.4 Å². The van der Waals surface area contributed by atoms with Gasteiger partial charge in [0.2, 0.25) is 0 Å². The Kier molecular flexibility index (Phi) is 7.12. The van der Waals surface area contributed by atoms with Gasteiger partial charge in [0.05, 0.1) is 23.7 Å². The van der Waals surface area contributed by atoms with Crippen LogP contribution in [0.2, 0.25) is 5.02 Å². The second-order valence-electron chi connectivity index (χ2n) is 7.65. The van der Waals surface area contributed by atoms with Crippen LogP contribution in [-0.4, -0.2) is 33.9 Å². The summed E-state index contributed by atoms with van der Waals surface area (Å²) in [5.41, 5.74) is 4.27. The van der Waals surface area contributed by atoms with E-state index in [9.17, 15) is 9.59 Å². The second kappa shape index (κ2) is 10.4. The normalized spacial score (nSPS) is 10.7. The largest absolute Gasteiger partial charge is 0.481 e.